The quantitative estimate of drug-likeness (QED) is 0.200. The molecule has 0 radical (unpaired) electrons. The molecule has 2 aromatic carbocycles. The van der Waals surface area contributed by atoms with Gasteiger partial charge in [-0.2, -0.15) is 0 Å². The van der Waals surface area contributed by atoms with Gasteiger partial charge in [0.1, 0.15) is 21.3 Å². The fourth-order valence-electron chi connectivity index (χ4n) is 4.55. The first-order valence-electron chi connectivity index (χ1n) is 13.8. The predicted molar refractivity (Wildman–Crippen MR) is 145 cm³/mol. The highest BCUT2D eigenvalue weighted by Crippen LogP contribution is 2.35. The Kier molecular flexibility index (Phi) is 13.3. The van der Waals surface area contributed by atoms with Gasteiger partial charge in [-0.1, -0.05) is 103 Å². The standard InChI is InChI=1S/C30H46O4S/c1-3-5-7-9-11-13-15-17-25-19-21-27(31)29(23-25)35(33,34)30-24-26(20-22-28(30)32)18-16-14-12-10-8-6-4-2/h19-24,31-32H,3-18H2,1-2H3. The predicted octanol–water partition coefficient (Wildman–Crippen LogP) is 8.52. The maximum absolute atomic E-state index is 13.4. The smallest absolute Gasteiger partial charge is 0.213 e. The zero-order chi connectivity index (χ0) is 25.5. The van der Waals surface area contributed by atoms with Crippen molar-refractivity contribution in [3.63, 3.8) is 0 Å². The van der Waals surface area contributed by atoms with Gasteiger partial charge >= 0.3 is 0 Å². The second-order valence-electron chi connectivity index (χ2n) is 9.85. The van der Waals surface area contributed by atoms with E-state index in [1.54, 1.807) is 24.3 Å². The van der Waals surface area contributed by atoms with Gasteiger partial charge in [-0.3, -0.25) is 0 Å². The van der Waals surface area contributed by atoms with Crippen LogP contribution in [0.5, 0.6) is 11.5 Å². The van der Waals surface area contributed by atoms with Crippen molar-refractivity contribution in [3.05, 3.63) is 47.5 Å². The van der Waals surface area contributed by atoms with Crippen molar-refractivity contribution in [1.29, 1.82) is 0 Å². The Labute approximate surface area is 213 Å². The molecule has 0 spiro atoms. The average Bonchev–Trinajstić information content (AvgIpc) is 2.84. The highest BCUT2D eigenvalue weighted by atomic mass is 32.2. The van der Waals surface area contributed by atoms with Crippen molar-refractivity contribution in [1.82, 2.24) is 0 Å². The molecule has 0 fully saturated rings. The molecule has 5 heteroatoms. The number of hydrogen-bond donors (Lipinski definition) is 2. The monoisotopic (exact) mass is 502 g/mol. The normalized spacial score (nSPS) is 11.7. The Morgan fingerprint density at radius 2 is 0.886 bits per heavy atom. The van der Waals surface area contributed by atoms with Crippen LogP contribution in [-0.4, -0.2) is 18.6 Å². The van der Waals surface area contributed by atoms with Crippen LogP contribution < -0.4 is 0 Å². The van der Waals surface area contributed by atoms with E-state index in [0.29, 0.717) is 0 Å². The number of benzene rings is 2. The molecule has 0 amide bonds. The fourth-order valence-corrected chi connectivity index (χ4v) is 6.09. The third kappa shape index (κ3) is 9.87. The minimum absolute atomic E-state index is 0.124. The summed E-state index contributed by atoms with van der Waals surface area (Å²) in [6.07, 6.45) is 18.3. The number of rotatable bonds is 18. The van der Waals surface area contributed by atoms with E-state index in [9.17, 15) is 18.6 Å². The number of phenolic OH excluding ortho intramolecular Hbond substituents is 2. The number of unbranched alkanes of at least 4 members (excludes halogenated alkanes) is 12. The molecule has 0 heterocycles. The lowest BCUT2D eigenvalue weighted by Gasteiger charge is -2.12. The summed E-state index contributed by atoms with van der Waals surface area (Å²) in [5.41, 5.74) is 1.79. The van der Waals surface area contributed by atoms with Gasteiger partial charge in [0.05, 0.1) is 0 Å². The Morgan fingerprint density at radius 3 is 1.26 bits per heavy atom. The zero-order valence-corrected chi connectivity index (χ0v) is 22.7. The van der Waals surface area contributed by atoms with Crippen molar-refractivity contribution in [2.75, 3.05) is 0 Å². The molecule has 196 valence electrons. The molecule has 0 aliphatic rings. The van der Waals surface area contributed by atoms with E-state index in [1.165, 1.54) is 76.3 Å². The molecule has 0 aromatic heterocycles. The summed E-state index contributed by atoms with van der Waals surface area (Å²) >= 11 is 0. The fraction of sp³-hybridized carbons (Fsp3) is 0.600. The minimum atomic E-state index is -4.04. The maximum atomic E-state index is 13.4. The molecule has 0 saturated carbocycles. The van der Waals surface area contributed by atoms with E-state index in [-0.39, 0.29) is 21.3 Å². The Hall–Kier alpha value is -2.01. The Bertz CT molecular complexity index is 908. The van der Waals surface area contributed by atoms with Gasteiger partial charge in [-0.05, 0) is 61.1 Å². The second-order valence-corrected chi connectivity index (χ2v) is 11.7. The van der Waals surface area contributed by atoms with E-state index in [2.05, 4.69) is 13.8 Å². The number of hydrogen-bond acceptors (Lipinski definition) is 4. The van der Waals surface area contributed by atoms with Gasteiger partial charge < -0.3 is 10.2 Å². The first-order chi connectivity index (χ1) is 16.9. The van der Waals surface area contributed by atoms with E-state index < -0.39 is 9.84 Å². The Morgan fingerprint density at radius 1 is 0.543 bits per heavy atom. The second kappa shape index (κ2) is 15.9. The summed E-state index contributed by atoms with van der Waals surface area (Å²) in [4.78, 5) is -0.248. The number of aryl methyl sites for hydroxylation is 2. The summed E-state index contributed by atoms with van der Waals surface area (Å²) in [6.45, 7) is 4.42. The van der Waals surface area contributed by atoms with Crippen LogP contribution in [0.3, 0.4) is 0 Å². The molecule has 4 nitrogen and oxygen atoms in total. The lowest BCUT2D eigenvalue weighted by atomic mass is 10.0. The molecular weight excluding hydrogens is 456 g/mol. The van der Waals surface area contributed by atoms with Crippen LogP contribution in [0.2, 0.25) is 0 Å². The first kappa shape index (κ1) is 29.2. The van der Waals surface area contributed by atoms with E-state index in [4.69, 9.17) is 0 Å². The third-order valence-corrected chi connectivity index (χ3v) is 8.58. The van der Waals surface area contributed by atoms with Crippen LogP contribution >= 0.6 is 0 Å². The van der Waals surface area contributed by atoms with Crippen molar-refractivity contribution in [2.45, 2.75) is 126 Å². The largest absolute Gasteiger partial charge is 0.507 e. The van der Waals surface area contributed by atoms with Gasteiger partial charge in [0, 0.05) is 0 Å². The minimum Gasteiger partial charge on any atom is -0.507 e. The topological polar surface area (TPSA) is 74.6 Å². The molecule has 0 aliphatic heterocycles. The van der Waals surface area contributed by atoms with Crippen molar-refractivity contribution < 1.29 is 18.6 Å². The average molecular weight is 503 g/mol. The van der Waals surface area contributed by atoms with Crippen LogP contribution in [0.25, 0.3) is 0 Å². The summed E-state index contributed by atoms with van der Waals surface area (Å²) in [6, 6.07) is 9.66. The summed E-state index contributed by atoms with van der Waals surface area (Å²) < 4.78 is 26.8. The maximum Gasteiger partial charge on any atom is 0.213 e. The molecule has 2 N–H and O–H groups in total. The third-order valence-electron chi connectivity index (χ3n) is 6.77. The van der Waals surface area contributed by atoms with Gasteiger partial charge in [-0.15, -0.1) is 0 Å². The summed E-state index contributed by atoms with van der Waals surface area (Å²) in [5, 5.41) is 20.8. The highest BCUT2D eigenvalue weighted by molar-refractivity contribution is 7.91. The lowest BCUT2D eigenvalue weighted by molar-refractivity contribution is 0.452. The van der Waals surface area contributed by atoms with E-state index in [1.807, 2.05) is 0 Å². The van der Waals surface area contributed by atoms with Gasteiger partial charge in [0.25, 0.3) is 0 Å². The van der Waals surface area contributed by atoms with Gasteiger partial charge in [-0.25, -0.2) is 8.42 Å². The molecule has 0 atom stereocenters. The number of phenols is 2. The van der Waals surface area contributed by atoms with E-state index in [0.717, 1.165) is 49.7 Å². The van der Waals surface area contributed by atoms with Crippen molar-refractivity contribution >= 4 is 9.84 Å². The van der Waals surface area contributed by atoms with Crippen LogP contribution in [-0.2, 0) is 22.7 Å². The van der Waals surface area contributed by atoms with Crippen LogP contribution in [0, 0.1) is 0 Å². The molecule has 2 aromatic rings. The van der Waals surface area contributed by atoms with Crippen LogP contribution in [0.4, 0.5) is 0 Å². The SMILES string of the molecule is CCCCCCCCCc1ccc(O)c(S(=O)(=O)c2cc(CCCCCCCCC)ccc2O)c1. The van der Waals surface area contributed by atoms with Crippen LogP contribution in [0.1, 0.15) is 115 Å². The lowest BCUT2D eigenvalue weighted by Crippen LogP contribution is -2.05. The van der Waals surface area contributed by atoms with E-state index >= 15 is 0 Å². The highest BCUT2D eigenvalue weighted by Gasteiger charge is 2.25. The molecular formula is C30H46O4S. The first-order valence-corrected chi connectivity index (χ1v) is 15.3. The summed E-state index contributed by atoms with van der Waals surface area (Å²) in [5.74, 6) is -0.546. The van der Waals surface area contributed by atoms with Crippen molar-refractivity contribution in [2.24, 2.45) is 0 Å². The molecule has 0 unspecified atom stereocenters. The molecule has 0 aliphatic carbocycles. The molecule has 0 saturated heterocycles. The number of sulfone groups is 1. The number of aromatic hydroxyl groups is 2. The molecule has 35 heavy (non-hydrogen) atoms. The zero-order valence-electron chi connectivity index (χ0n) is 21.9. The van der Waals surface area contributed by atoms with Gasteiger partial charge in [0.15, 0.2) is 0 Å². The molecule has 2 rings (SSSR count). The summed E-state index contributed by atoms with van der Waals surface area (Å²) in [7, 11) is -4.04. The Balaban J connectivity index is 2.02. The van der Waals surface area contributed by atoms with Gasteiger partial charge in [0.2, 0.25) is 9.84 Å². The van der Waals surface area contributed by atoms with Crippen LogP contribution in [0.15, 0.2) is 46.2 Å². The molecule has 0 bridgehead atoms. The van der Waals surface area contributed by atoms with Crippen molar-refractivity contribution in [3.8, 4) is 11.5 Å².